The van der Waals surface area contributed by atoms with E-state index >= 15 is 0 Å². The lowest BCUT2D eigenvalue weighted by atomic mass is 10.1. The first-order chi connectivity index (χ1) is 13.9. The lowest BCUT2D eigenvalue weighted by Gasteiger charge is -2.26. The molecule has 30 heavy (non-hydrogen) atoms. The number of sulfonamides is 1. The lowest BCUT2D eigenvalue weighted by Crippen LogP contribution is -2.47. The van der Waals surface area contributed by atoms with Crippen molar-refractivity contribution in [2.24, 2.45) is 5.92 Å². The Labute approximate surface area is 176 Å². The molecule has 1 N–H and O–H groups in total. The summed E-state index contributed by atoms with van der Waals surface area (Å²) >= 11 is 0. The summed E-state index contributed by atoms with van der Waals surface area (Å²) in [4.78, 5) is 12.5. The SMILES string of the molecule is C#Cc1ccc2oc3cc(S(=O)(=O)N[C@H](C(=O)OC(C)(C)C)C(C)C)ccc3c2c1. The van der Waals surface area contributed by atoms with Gasteiger partial charge in [-0.15, -0.1) is 6.42 Å². The molecule has 0 saturated carbocycles. The molecular formula is C23H25NO5S. The molecule has 0 radical (unpaired) electrons. The van der Waals surface area contributed by atoms with Crippen molar-refractivity contribution in [1.29, 1.82) is 0 Å². The molecule has 158 valence electrons. The fourth-order valence-electron chi connectivity index (χ4n) is 3.07. The van der Waals surface area contributed by atoms with E-state index in [9.17, 15) is 13.2 Å². The third-order valence-corrected chi connectivity index (χ3v) is 5.97. The molecular weight excluding hydrogens is 402 g/mol. The van der Waals surface area contributed by atoms with Gasteiger partial charge < -0.3 is 9.15 Å². The molecule has 0 aliphatic carbocycles. The quantitative estimate of drug-likeness (QED) is 0.487. The van der Waals surface area contributed by atoms with Crippen LogP contribution < -0.4 is 4.72 Å². The maximum Gasteiger partial charge on any atom is 0.324 e. The number of hydrogen-bond donors (Lipinski definition) is 1. The Bertz CT molecular complexity index is 1260. The highest BCUT2D eigenvalue weighted by Gasteiger charge is 2.32. The van der Waals surface area contributed by atoms with Crippen LogP contribution in [0, 0.1) is 18.3 Å². The standard InChI is InChI=1S/C23H25NO5S/c1-7-15-8-11-19-18(12-15)17-10-9-16(13-20(17)28-19)30(26,27)24-21(14(2)3)22(25)29-23(4,5)6/h1,8-14,21,24H,2-6H3/t21-/m0/s1. The van der Waals surface area contributed by atoms with Crippen molar-refractivity contribution in [3.8, 4) is 12.3 Å². The van der Waals surface area contributed by atoms with E-state index in [1.165, 1.54) is 12.1 Å². The van der Waals surface area contributed by atoms with Crippen LogP contribution in [0.25, 0.3) is 21.9 Å². The Balaban J connectivity index is 1.97. The Morgan fingerprint density at radius 3 is 2.40 bits per heavy atom. The van der Waals surface area contributed by atoms with Gasteiger partial charge in [0.25, 0.3) is 0 Å². The van der Waals surface area contributed by atoms with E-state index in [4.69, 9.17) is 15.6 Å². The second-order valence-corrected chi connectivity index (χ2v) is 10.2. The van der Waals surface area contributed by atoms with Crippen LogP contribution in [0.5, 0.6) is 0 Å². The molecule has 0 aliphatic rings. The number of terminal acetylenes is 1. The third kappa shape index (κ3) is 4.50. The van der Waals surface area contributed by atoms with Crippen molar-refractivity contribution in [2.75, 3.05) is 0 Å². The molecule has 0 bridgehead atoms. The number of hydrogen-bond acceptors (Lipinski definition) is 5. The second-order valence-electron chi connectivity index (χ2n) is 8.49. The molecule has 3 rings (SSSR count). The molecule has 0 amide bonds. The zero-order valence-electron chi connectivity index (χ0n) is 17.6. The molecule has 6 nitrogen and oxygen atoms in total. The van der Waals surface area contributed by atoms with Crippen LogP contribution in [0.1, 0.15) is 40.2 Å². The van der Waals surface area contributed by atoms with Gasteiger partial charge in [0.05, 0.1) is 4.90 Å². The van der Waals surface area contributed by atoms with Crippen LogP contribution in [0.15, 0.2) is 45.7 Å². The second kappa shape index (κ2) is 7.78. The van der Waals surface area contributed by atoms with Gasteiger partial charge in [0.2, 0.25) is 10.0 Å². The van der Waals surface area contributed by atoms with Gasteiger partial charge in [-0.25, -0.2) is 8.42 Å². The van der Waals surface area contributed by atoms with Crippen molar-refractivity contribution in [1.82, 2.24) is 4.72 Å². The molecule has 1 atom stereocenters. The highest BCUT2D eigenvalue weighted by Crippen LogP contribution is 2.31. The van der Waals surface area contributed by atoms with Crippen LogP contribution >= 0.6 is 0 Å². The van der Waals surface area contributed by atoms with Gasteiger partial charge in [0.1, 0.15) is 22.8 Å². The van der Waals surface area contributed by atoms with Crippen LogP contribution in [0.2, 0.25) is 0 Å². The zero-order chi connectivity index (χ0) is 22.3. The van der Waals surface area contributed by atoms with Crippen molar-refractivity contribution in [3.63, 3.8) is 0 Å². The zero-order valence-corrected chi connectivity index (χ0v) is 18.5. The summed E-state index contributed by atoms with van der Waals surface area (Å²) in [5, 5.41) is 1.57. The van der Waals surface area contributed by atoms with Crippen molar-refractivity contribution >= 4 is 37.9 Å². The molecule has 0 spiro atoms. The summed E-state index contributed by atoms with van der Waals surface area (Å²) in [5.74, 6) is 1.66. The molecule has 0 unspecified atom stereocenters. The molecule has 2 aromatic carbocycles. The first-order valence-electron chi connectivity index (χ1n) is 9.59. The summed E-state index contributed by atoms with van der Waals surface area (Å²) in [6.45, 7) is 8.71. The third-order valence-electron chi connectivity index (χ3n) is 4.53. The number of nitrogens with one attached hydrogen (secondary N) is 1. The van der Waals surface area contributed by atoms with E-state index in [1.54, 1.807) is 52.8 Å². The van der Waals surface area contributed by atoms with Gasteiger partial charge in [-0.2, -0.15) is 4.72 Å². The highest BCUT2D eigenvalue weighted by molar-refractivity contribution is 7.89. The first-order valence-corrected chi connectivity index (χ1v) is 11.1. The predicted octanol–water partition coefficient (Wildman–Crippen LogP) is 4.21. The van der Waals surface area contributed by atoms with Crippen molar-refractivity contribution < 1.29 is 22.4 Å². The minimum absolute atomic E-state index is 0.000406. The number of ether oxygens (including phenoxy) is 1. The molecule has 1 heterocycles. The Morgan fingerprint density at radius 2 is 1.80 bits per heavy atom. The number of carbonyl (C=O) groups excluding carboxylic acids is 1. The average molecular weight is 428 g/mol. The highest BCUT2D eigenvalue weighted by atomic mass is 32.2. The average Bonchev–Trinajstić information content (AvgIpc) is 3.01. The molecule has 3 aromatic rings. The fourth-order valence-corrected chi connectivity index (χ4v) is 4.42. The number of furan rings is 1. The summed E-state index contributed by atoms with van der Waals surface area (Å²) in [6, 6.07) is 8.93. The first kappa shape index (κ1) is 21.9. The monoisotopic (exact) mass is 427 g/mol. The lowest BCUT2D eigenvalue weighted by molar-refractivity contribution is -0.158. The largest absolute Gasteiger partial charge is 0.459 e. The van der Waals surface area contributed by atoms with Gasteiger partial charge in [-0.05, 0) is 57.0 Å². The molecule has 1 aromatic heterocycles. The molecule has 0 saturated heterocycles. The van der Waals surface area contributed by atoms with Crippen LogP contribution in [-0.2, 0) is 19.6 Å². The van der Waals surface area contributed by atoms with Gasteiger partial charge in [-0.1, -0.05) is 19.8 Å². The van der Waals surface area contributed by atoms with Crippen molar-refractivity contribution in [2.45, 2.75) is 51.2 Å². The van der Waals surface area contributed by atoms with Crippen molar-refractivity contribution in [3.05, 3.63) is 42.0 Å². The topological polar surface area (TPSA) is 85.6 Å². The van der Waals surface area contributed by atoms with E-state index in [2.05, 4.69) is 10.6 Å². The predicted molar refractivity (Wildman–Crippen MR) is 116 cm³/mol. The Hall–Kier alpha value is -2.82. The minimum atomic E-state index is -3.99. The number of benzene rings is 2. The number of carbonyl (C=O) groups is 1. The molecule has 0 fully saturated rings. The summed E-state index contributed by atoms with van der Waals surface area (Å²) < 4.78 is 39.6. The maximum atomic E-state index is 13.0. The van der Waals surface area contributed by atoms with Gasteiger partial charge in [0.15, 0.2) is 0 Å². The molecule has 7 heteroatoms. The van der Waals surface area contributed by atoms with E-state index < -0.39 is 27.6 Å². The van der Waals surface area contributed by atoms with Gasteiger partial charge >= 0.3 is 5.97 Å². The minimum Gasteiger partial charge on any atom is -0.459 e. The summed E-state index contributed by atoms with van der Waals surface area (Å²) in [5.41, 5.74) is 1.02. The summed E-state index contributed by atoms with van der Waals surface area (Å²) in [7, 11) is -3.99. The number of rotatable bonds is 5. The van der Waals surface area contributed by atoms with Gasteiger partial charge in [0, 0.05) is 22.4 Å². The smallest absolute Gasteiger partial charge is 0.324 e. The Morgan fingerprint density at radius 1 is 1.10 bits per heavy atom. The summed E-state index contributed by atoms with van der Waals surface area (Å²) in [6.07, 6.45) is 5.46. The van der Waals surface area contributed by atoms with Crippen LogP contribution in [0.4, 0.5) is 0 Å². The fraction of sp³-hybridized carbons (Fsp3) is 0.348. The number of fused-ring (bicyclic) bond motifs is 3. The maximum absolute atomic E-state index is 13.0. The van der Waals surface area contributed by atoms with Crippen LogP contribution in [-0.4, -0.2) is 26.0 Å². The van der Waals surface area contributed by atoms with Gasteiger partial charge in [-0.3, -0.25) is 4.79 Å². The van der Waals surface area contributed by atoms with E-state index in [1.807, 2.05) is 6.07 Å². The van der Waals surface area contributed by atoms with E-state index in [0.717, 1.165) is 10.8 Å². The Kier molecular flexibility index (Phi) is 5.68. The van der Waals surface area contributed by atoms with E-state index in [-0.39, 0.29) is 10.8 Å². The number of esters is 1. The van der Waals surface area contributed by atoms with E-state index in [0.29, 0.717) is 16.7 Å². The normalized spacial score (nSPS) is 13.5. The van der Waals surface area contributed by atoms with Crippen LogP contribution in [0.3, 0.4) is 0 Å². The molecule has 0 aliphatic heterocycles.